The highest BCUT2D eigenvalue weighted by Crippen LogP contribution is 2.11. The van der Waals surface area contributed by atoms with Crippen molar-refractivity contribution >= 4 is 23.8 Å². The van der Waals surface area contributed by atoms with E-state index in [0.717, 1.165) is 5.56 Å². The van der Waals surface area contributed by atoms with Gasteiger partial charge in [-0.25, -0.2) is 0 Å². The molecule has 0 atom stereocenters. The van der Waals surface area contributed by atoms with Gasteiger partial charge in [0.1, 0.15) is 0 Å². The molecule has 0 bridgehead atoms. The van der Waals surface area contributed by atoms with Crippen LogP contribution in [0.25, 0.3) is 0 Å². The van der Waals surface area contributed by atoms with Gasteiger partial charge in [-0.05, 0) is 29.9 Å². The maximum atomic E-state index is 11.0. The molecule has 16 heavy (non-hydrogen) atoms. The highest BCUT2D eigenvalue weighted by molar-refractivity contribution is 7.71. The summed E-state index contributed by atoms with van der Waals surface area (Å²) in [6.45, 7) is 0.593. The molecule has 2 rings (SSSR count). The summed E-state index contributed by atoms with van der Waals surface area (Å²) in [6.07, 6.45) is 1.67. The first-order valence-electron chi connectivity index (χ1n) is 4.69. The Labute approximate surface area is 102 Å². The summed E-state index contributed by atoms with van der Waals surface area (Å²) >= 11 is 10.9. The highest BCUT2D eigenvalue weighted by Gasteiger charge is 1.97. The Morgan fingerprint density at radius 2 is 2.19 bits per heavy atom. The van der Waals surface area contributed by atoms with Gasteiger partial charge < -0.3 is 4.57 Å². The summed E-state index contributed by atoms with van der Waals surface area (Å²) in [5.74, 6) is 0. The first-order valence-corrected chi connectivity index (χ1v) is 5.48. The molecule has 1 heterocycles. The number of halogens is 1. The van der Waals surface area contributed by atoms with Crippen LogP contribution in [0.5, 0.6) is 0 Å². The summed E-state index contributed by atoms with van der Waals surface area (Å²) < 4.78 is 2.19. The van der Waals surface area contributed by atoms with Crippen molar-refractivity contribution in [1.82, 2.24) is 9.55 Å². The summed E-state index contributed by atoms with van der Waals surface area (Å²) in [5, 5.41) is 0.688. The van der Waals surface area contributed by atoms with E-state index >= 15 is 0 Å². The number of nitrogens with one attached hydrogen (secondary N) is 1. The molecule has 0 aliphatic carbocycles. The van der Waals surface area contributed by atoms with E-state index in [-0.39, 0.29) is 5.56 Å². The van der Waals surface area contributed by atoms with Crippen LogP contribution in [0, 0.1) is 4.77 Å². The van der Waals surface area contributed by atoms with Crippen LogP contribution in [0.4, 0.5) is 0 Å². The van der Waals surface area contributed by atoms with Gasteiger partial charge in [0.05, 0.1) is 0 Å². The minimum atomic E-state index is -0.188. The number of aromatic nitrogens is 2. The zero-order chi connectivity index (χ0) is 11.5. The molecule has 5 heteroatoms. The number of rotatable bonds is 2. The minimum Gasteiger partial charge on any atom is -0.321 e. The Morgan fingerprint density at radius 3 is 2.88 bits per heavy atom. The Balaban J connectivity index is 2.34. The third kappa shape index (κ3) is 2.59. The summed E-state index contributed by atoms with van der Waals surface area (Å²) in [5.41, 5.74) is 0.850. The molecule has 3 nitrogen and oxygen atoms in total. The van der Waals surface area contributed by atoms with E-state index in [1.165, 1.54) is 6.07 Å². The van der Waals surface area contributed by atoms with Crippen molar-refractivity contribution in [1.29, 1.82) is 0 Å². The third-order valence-corrected chi connectivity index (χ3v) is 2.71. The number of H-pyrrole nitrogens is 1. The molecule has 0 aliphatic heterocycles. The van der Waals surface area contributed by atoms with Gasteiger partial charge >= 0.3 is 0 Å². The minimum absolute atomic E-state index is 0.188. The number of benzene rings is 1. The zero-order valence-electron chi connectivity index (χ0n) is 8.31. The lowest BCUT2D eigenvalue weighted by Gasteiger charge is -2.06. The van der Waals surface area contributed by atoms with Crippen molar-refractivity contribution in [3.63, 3.8) is 0 Å². The van der Waals surface area contributed by atoms with Crippen LogP contribution in [0.3, 0.4) is 0 Å². The Hall–Kier alpha value is -1.39. The van der Waals surface area contributed by atoms with Crippen molar-refractivity contribution in [3.05, 3.63) is 62.2 Å². The third-order valence-electron chi connectivity index (χ3n) is 2.14. The molecule has 1 aromatic heterocycles. The predicted molar refractivity (Wildman–Crippen MR) is 66.4 cm³/mol. The van der Waals surface area contributed by atoms with Gasteiger partial charge in [-0.1, -0.05) is 23.7 Å². The van der Waals surface area contributed by atoms with Crippen molar-refractivity contribution in [2.75, 3.05) is 0 Å². The van der Waals surface area contributed by atoms with Gasteiger partial charge in [-0.3, -0.25) is 9.78 Å². The van der Waals surface area contributed by atoms with E-state index in [4.69, 9.17) is 23.8 Å². The van der Waals surface area contributed by atoms with E-state index in [1.54, 1.807) is 10.8 Å². The first kappa shape index (κ1) is 11.1. The lowest BCUT2D eigenvalue weighted by Crippen LogP contribution is -2.11. The molecule has 0 saturated carbocycles. The second-order valence-corrected chi connectivity index (χ2v) is 4.19. The van der Waals surface area contributed by atoms with Crippen molar-refractivity contribution < 1.29 is 0 Å². The Kier molecular flexibility index (Phi) is 3.22. The fourth-order valence-electron chi connectivity index (χ4n) is 1.40. The van der Waals surface area contributed by atoms with E-state index < -0.39 is 0 Å². The van der Waals surface area contributed by atoms with Gasteiger partial charge in [0.15, 0.2) is 4.77 Å². The summed E-state index contributed by atoms with van der Waals surface area (Å²) in [7, 11) is 0. The quantitative estimate of drug-likeness (QED) is 0.835. The smallest absolute Gasteiger partial charge is 0.251 e. The predicted octanol–water partition coefficient (Wildman–Crippen LogP) is 2.61. The van der Waals surface area contributed by atoms with Crippen LogP contribution in [-0.2, 0) is 6.54 Å². The molecule has 0 unspecified atom stereocenters. The SMILES string of the molecule is O=c1ccn(Cc2cccc(Cl)c2)c(=S)[nH]1. The molecule has 2 aromatic rings. The number of hydrogen-bond acceptors (Lipinski definition) is 2. The van der Waals surface area contributed by atoms with E-state index in [0.29, 0.717) is 16.3 Å². The summed E-state index contributed by atoms with van der Waals surface area (Å²) in [6, 6.07) is 8.97. The van der Waals surface area contributed by atoms with Crippen LogP contribution in [0.1, 0.15) is 5.56 Å². The van der Waals surface area contributed by atoms with Crippen LogP contribution in [0.2, 0.25) is 5.02 Å². The second-order valence-electron chi connectivity index (χ2n) is 3.37. The zero-order valence-corrected chi connectivity index (χ0v) is 9.89. The molecule has 0 amide bonds. The topological polar surface area (TPSA) is 37.8 Å². The number of nitrogens with zero attached hydrogens (tertiary/aromatic N) is 1. The molecular weight excluding hydrogens is 244 g/mol. The first-order chi connectivity index (χ1) is 7.65. The fourth-order valence-corrected chi connectivity index (χ4v) is 1.84. The normalized spacial score (nSPS) is 10.3. The lowest BCUT2D eigenvalue weighted by atomic mass is 10.2. The van der Waals surface area contributed by atoms with Crippen molar-refractivity contribution in [2.45, 2.75) is 6.54 Å². The molecule has 0 saturated heterocycles. The molecule has 0 aliphatic rings. The molecule has 82 valence electrons. The monoisotopic (exact) mass is 252 g/mol. The van der Waals surface area contributed by atoms with E-state index in [2.05, 4.69) is 4.98 Å². The van der Waals surface area contributed by atoms with Crippen molar-refractivity contribution in [2.24, 2.45) is 0 Å². The average molecular weight is 253 g/mol. The molecule has 1 N–H and O–H groups in total. The number of aromatic amines is 1. The van der Waals surface area contributed by atoms with E-state index in [9.17, 15) is 4.79 Å². The van der Waals surface area contributed by atoms with Gasteiger partial charge in [0, 0.05) is 23.8 Å². The molecule has 0 radical (unpaired) electrons. The van der Waals surface area contributed by atoms with Crippen LogP contribution in [-0.4, -0.2) is 9.55 Å². The van der Waals surface area contributed by atoms with Gasteiger partial charge in [-0.15, -0.1) is 0 Å². The van der Waals surface area contributed by atoms with Gasteiger partial charge in [0.25, 0.3) is 5.56 Å². The highest BCUT2D eigenvalue weighted by atomic mass is 35.5. The average Bonchev–Trinajstić information content (AvgIpc) is 2.22. The fraction of sp³-hybridized carbons (Fsp3) is 0.0909. The summed E-state index contributed by atoms with van der Waals surface area (Å²) in [4.78, 5) is 13.6. The maximum absolute atomic E-state index is 11.0. The van der Waals surface area contributed by atoms with Gasteiger partial charge in [-0.2, -0.15) is 0 Å². The lowest BCUT2D eigenvalue weighted by molar-refractivity contribution is 0.745. The van der Waals surface area contributed by atoms with Crippen LogP contribution >= 0.6 is 23.8 Å². The Bertz CT molecular complexity index is 618. The molecular formula is C11H9ClN2OS. The Morgan fingerprint density at radius 1 is 1.38 bits per heavy atom. The molecule has 0 spiro atoms. The van der Waals surface area contributed by atoms with Gasteiger partial charge in [0.2, 0.25) is 0 Å². The van der Waals surface area contributed by atoms with Crippen molar-refractivity contribution in [3.8, 4) is 0 Å². The molecule has 0 fully saturated rings. The second kappa shape index (κ2) is 4.63. The largest absolute Gasteiger partial charge is 0.321 e. The standard InChI is InChI=1S/C11H9ClN2OS/c12-9-3-1-2-8(6-9)7-14-5-4-10(15)13-11(14)16/h1-6H,7H2,(H,13,15,16). The van der Waals surface area contributed by atoms with Crippen LogP contribution < -0.4 is 5.56 Å². The maximum Gasteiger partial charge on any atom is 0.251 e. The van der Waals surface area contributed by atoms with E-state index in [1.807, 2.05) is 24.3 Å². The molecule has 1 aromatic carbocycles. The number of hydrogen-bond donors (Lipinski definition) is 1. The van der Waals surface area contributed by atoms with Crippen LogP contribution in [0.15, 0.2) is 41.3 Å².